The summed E-state index contributed by atoms with van der Waals surface area (Å²) in [6.07, 6.45) is 1.21. The van der Waals surface area contributed by atoms with Gasteiger partial charge in [0.05, 0.1) is 29.8 Å². The lowest BCUT2D eigenvalue weighted by Gasteiger charge is -2.28. The van der Waals surface area contributed by atoms with Crippen LogP contribution < -0.4 is 5.32 Å². The molecular weight excluding hydrogens is 300 g/mol. The number of hydrogen-bond acceptors (Lipinski definition) is 5. The van der Waals surface area contributed by atoms with Crippen molar-refractivity contribution in [1.82, 2.24) is 20.1 Å². The molecule has 124 valence electrons. The maximum Gasteiger partial charge on any atom is 0.305 e. The van der Waals surface area contributed by atoms with Crippen LogP contribution in [0.15, 0.2) is 12.3 Å². The van der Waals surface area contributed by atoms with Crippen molar-refractivity contribution in [2.75, 3.05) is 13.7 Å². The van der Waals surface area contributed by atoms with E-state index in [9.17, 15) is 9.59 Å². The molecule has 23 heavy (non-hydrogen) atoms. The van der Waals surface area contributed by atoms with Gasteiger partial charge in [-0.3, -0.25) is 14.3 Å². The van der Waals surface area contributed by atoms with Crippen LogP contribution in [0.25, 0.3) is 11.0 Å². The first-order valence-corrected chi connectivity index (χ1v) is 7.08. The van der Waals surface area contributed by atoms with Gasteiger partial charge in [-0.2, -0.15) is 5.10 Å². The second kappa shape index (κ2) is 6.33. The lowest BCUT2D eigenvalue weighted by molar-refractivity contribution is -0.139. The molecular formula is C15H20N4O4. The van der Waals surface area contributed by atoms with Crippen LogP contribution in [0, 0.1) is 6.92 Å². The van der Waals surface area contributed by atoms with Crippen molar-refractivity contribution in [2.45, 2.75) is 25.8 Å². The fourth-order valence-corrected chi connectivity index (χ4v) is 2.56. The van der Waals surface area contributed by atoms with Crippen molar-refractivity contribution in [3.63, 3.8) is 0 Å². The van der Waals surface area contributed by atoms with Gasteiger partial charge in [-0.05, 0) is 19.9 Å². The monoisotopic (exact) mass is 320 g/mol. The predicted octanol–water partition coefficient (Wildman–Crippen LogP) is 0.886. The Bertz CT molecular complexity index is 755. The molecule has 1 amide bonds. The maximum absolute atomic E-state index is 12.5. The summed E-state index contributed by atoms with van der Waals surface area (Å²) in [6.45, 7) is 3.56. The van der Waals surface area contributed by atoms with Crippen LogP contribution in [0.5, 0.6) is 0 Å². The van der Waals surface area contributed by atoms with E-state index in [-0.39, 0.29) is 13.0 Å². The van der Waals surface area contributed by atoms with Crippen molar-refractivity contribution in [3.8, 4) is 0 Å². The van der Waals surface area contributed by atoms with E-state index in [2.05, 4.69) is 15.4 Å². The van der Waals surface area contributed by atoms with Crippen molar-refractivity contribution < 1.29 is 19.4 Å². The highest BCUT2D eigenvalue weighted by Gasteiger charge is 2.30. The van der Waals surface area contributed by atoms with Gasteiger partial charge in [-0.1, -0.05) is 0 Å². The third-order valence-electron chi connectivity index (χ3n) is 3.54. The Kier molecular flexibility index (Phi) is 4.65. The van der Waals surface area contributed by atoms with Crippen molar-refractivity contribution >= 4 is 22.9 Å². The van der Waals surface area contributed by atoms with Gasteiger partial charge < -0.3 is 15.2 Å². The molecule has 0 aliphatic rings. The van der Waals surface area contributed by atoms with Gasteiger partial charge in [0.15, 0.2) is 5.65 Å². The first-order chi connectivity index (χ1) is 10.8. The molecule has 0 saturated carbocycles. The minimum absolute atomic E-state index is 0.0899. The number of carbonyl (C=O) groups is 2. The van der Waals surface area contributed by atoms with Crippen molar-refractivity contribution in [3.05, 3.63) is 23.5 Å². The van der Waals surface area contributed by atoms with E-state index in [0.717, 1.165) is 11.1 Å². The Balaban J connectivity index is 2.28. The number of pyridine rings is 1. The Morgan fingerprint density at radius 3 is 2.78 bits per heavy atom. The van der Waals surface area contributed by atoms with E-state index >= 15 is 0 Å². The molecule has 1 atom stereocenters. The van der Waals surface area contributed by atoms with E-state index in [0.29, 0.717) is 11.2 Å². The average Bonchev–Trinajstić information content (AvgIpc) is 2.72. The third-order valence-corrected chi connectivity index (χ3v) is 3.54. The molecule has 0 aliphatic heterocycles. The second-order valence-corrected chi connectivity index (χ2v) is 5.82. The summed E-state index contributed by atoms with van der Waals surface area (Å²) in [5.41, 5.74) is 0.803. The van der Waals surface area contributed by atoms with Crippen LogP contribution in [0.1, 0.15) is 29.4 Å². The normalized spacial score (nSPS) is 13.7. The standard InChI is InChI=1S/C15H20N4O4/c1-9-11-5-10(7-16-13(11)19(3)18-9)14(22)17-15(2,8-23-4)6-12(20)21/h5,7H,6,8H2,1-4H3,(H,17,22)(H,20,21). The van der Waals surface area contributed by atoms with Gasteiger partial charge in [0.2, 0.25) is 0 Å². The number of carboxylic acid groups (broad SMARTS) is 1. The van der Waals surface area contributed by atoms with Crippen LogP contribution in [0.4, 0.5) is 0 Å². The number of aromatic nitrogens is 3. The molecule has 0 aliphatic carbocycles. The Morgan fingerprint density at radius 2 is 2.17 bits per heavy atom. The number of rotatable bonds is 6. The summed E-state index contributed by atoms with van der Waals surface area (Å²) in [7, 11) is 3.24. The smallest absolute Gasteiger partial charge is 0.305 e. The molecule has 0 fully saturated rings. The molecule has 2 heterocycles. The minimum Gasteiger partial charge on any atom is -0.481 e. The molecule has 2 rings (SSSR count). The van der Waals surface area contributed by atoms with Gasteiger partial charge in [-0.15, -0.1) is 0 Å². The Morgan fingerprint density at radius 1 is 1.48 bits per heavy atom. The van der Waals surface area contributed by atoms with E-state index in [1.165, 1.54) is 13.3 Å². The summed E-state index contributed by atoms with van der Waals surface area (Å²) in [5.74, 6) is -1.41. The summed E-state index contributed by atoms with van der Waals surface area (Å²) >= 11 is 0. The number of methoxy groups -OCH3 is 1. The zero-order chi connectivity index (χ0) is 17.2. The number of ether oxygens (including phenoxy) is 1. The van der Waals surface area contributed by atoms with E-state index < -0.39 is 17.4 Å². The molecule has 0 radical (unpaired) electrons. The van der Waals surface area contributed by atoms with Gasteiger partial charge >= 0.3 is 5.97 Å². The van der Waals surface area contributed by atoms with Crippen LogP contribution in [-0.4, -0.2) is 51.0 Å². The lowest BCUT2D eigenvalue weighted by Crippen LogP contribution is -2.50. The van der Waals surface area contributed by atoms with Crippen molar-refractivity contribution in [2.24, 2.45) is 7.05 Å². The lowest BCUT2D eigenvalue weighted by atomic mass is 9.98. The first-order valence-electron chi connectivity index (χ1n) is 7.08. The van der Waals surface area contributed by atoms with Crippen LogP contribution in [-0.2, 0) is 16.6 Å². The number of carboxylic acids is 1. The molecule has 2 aromatic heterocycles. The minimum atomic E-state index is -1.01. The van der Waals surface area contributed by atoms with Crippen molar-refractivity contribution in [1.29, 1.82) is 0 Å². The van der Waals surface area contributed by atoms with Gasteiger partial charge in [0.25, 0.3) is 5.91 Å². The van der Waals surface area contributed by atoms with Gasteiger partial charge in [0, 0.05) is 25.7 Å². The summed E-state index contributed by atoms with van der Waals surface area (Å²) in [6, 6.07) is 1.70. The number of aliphatic carboxylic acids is 1. The highest BCUT2D eigenvalue weighted by Crippen LogP contribution is 2.18. The molecule has 2 aromatic rings. The maximum atomic E-state index is 12.5. The van der Waals surface area contributed by atoms with Crippen LogP contribution >= 0.6 is 0 Å². The Hall–Kier alpha value is -2.48. The van der Waals surface area contributed by atoms with Crippen LogP contribution in [0.2, 0.25) is 0 Å². The largest absolute Gasteiger partial charge is 0.481 e. The third kappa shape index (κ3) is 3.65. The average molecular weight is 320 g/mol. The van der Waals surface area contributed by atoms with E-state index in [1.54, 1.807) is 24.7 Å². The Labute approximate surface area is 133 Å². The number of nitrogens with zero attached hydrogens (tertiary/aromatic N) is 3. The zero-order valence-corrected chi connectivity index (χ0v) is 13.6. The number of carbonyl (C=O) groups excluding carboxylic acids is 1. The SMILES string of the molecule is COCC(C)(CC(=O)O)NC(=O)c1cnc2c(c1)c(C)nn2C. The number of fused-ring (bicyclic) bond motifs is 1. The van der Waals surface area contributed by atoms with Gasteiger partial charge in [0.1, 0.15) is 0 Å². The van der Waals surface area contributed by atoms with Crippen LogP contribution in [0.3, 0.4) is 0 Å². The molecule has 8 heteroatoms. The fourth-order valence-electron chi connectivity index (χ4n) is 2.56. The number of aryl methyl sites for hydroxylation is 2. The second-order valence-electron chi connectivity index (χ2n) is 5.82. The summed E-state index contributed by atoms with van der Waals surface area (Å²) < 4.78 is 6.67. The molecule has 2 N–H and O–H groups in total. The topological polar surface area (TPSA) is 106 Å². The number of hydrogen-bond donors (Lipinski definition) is 2. The summed E-state index contributed by atoms with van der Waals surface area (Å²) in [4.78, 5) is 27.7. The van der Waals surface area contributed by atoms with Gasteiger partial charge in [-0.25, -0.2) is 4.98 Å². The zero-order valence-electron chi connectivity index (χ0n) is 13.6. The molecule has 0 aromatic carbocycles. The molecule has 0 bridgehead atoms. The molecule has 1 unspecified atom stereocenters. The quantitative estimate of drug-likeness (QED) is 0.818. The van der Waals surface area contributed by atoms with E-state index in [4.69, 9.17) is 9.84 Å². The molecule has 0 spiro atoms. The molecule has 8 nitrogen and oxygen atoms in total. The fraction of sp³-hybridized carbons (Fsp3) is 0.467. The predicted molar refractivity (Wildman–Crippen MR) is 83.2 cm³/mol. The highest BCUT2D eigenvalue weighted by molar-refractivity contribution is 5.97. The van der Waals surface area contributed by atoms with E-state index in [1.807, 2.05) is 6.92 Å². The summed E-state index contributed by atoms with van der Waals surface area (Å²) in [5, 5.41) is 16.8. The molecule has 0 saturated heterocycles. The number of nitrogens with one attached hydrogen (secondary N) is 1. The highest BCUT2D eigenvalue weighted by atomic mass is 16.5. The number of amides is 1. The first kappa shape index (κ1) is 16.9.